The summed E-state index contributed by atoms with van der Waals surface area (Å²) in [5.74, 6) is 0. The first-order valence-electron chi connectivity index (χ1n) is 4.83. The van der Waals surface area contributed by atoms with Gasteiger partial charge in [-0.3, -0.25) is 0 Å². The SMILES string of the molecule is CCC(CCO)NCc1cc(Br)cs1. The van der Waals surface area contributed by atoms with Crippen molar-refractivity contribution in [2.75, 3.05) is 6.61 Å². The first-order valence-corrected chi connectivity index (χ1v) is 6.50. The van der Waals surface area contributed by atoms with Crippen LogP contribution in [0.5, 0.6) is 0 Å². The van der Waals surface area contributed by atoms with Gasteiger partial charge in [-0.05, 0) is 34.8 Å². The van der Waals surface area contributed by atoms with Gasteiger partial charge in [0.25, 0.3) is 0 Å². The zero-order valence-electron chi connectivity index (χ0n) is 8.29. The molecule has 1 aromatic rings. The van der Waals surface area contributed by atoms with Crippen LogP contribution in [0.4, 0.5) is 0 Å². The molecule has 0 aliphatic rings. The molecule has 80 valence electrons. The molecule has 1 heterocycles. The Kier molecular flexibility index (Phi) is 5.70. The highest BCUT2D eigenvalue weighted by molar-refractivity contribution is 9.10. The van der Waals surface area contributed by atoms with Crippen LogP contribution in [0.1, 0.15) is 24.6 Å². The number of aliphatic hydroxyl groups excluding tert-OH is 1. The van der Waals surface area contributed by atoms with Gasteiger partial charge in [-0.2, -0.15) is 0 Å². The van der Waals surface area contributed by atoms with E-state index in [4.69, 9.17) is 5.11 Å². The Hall–Kier alpha value is 0.1000. The van der Waals surface area contributed by atoms with Gasteiger partial charge < -0.3 is 10.4 Å². The van der Waals surface area contributed by atoms with E-state index in [0.29, 0.717) is 6.04 Å². The summed E-state index contributed by atoms with van der Waals surface area (Å²) in [7, 11) is 0. The molecule has 0 radical (unpaired) electrons. The third-order valence-corrected chi connectivity index (χ3v) is 3.85. The van der Waals surface area contributed by atoms with Crippen LogP contribution < -0.4 is 5.32 Å². The lowest BCUT2D eigenvalue weighted by molar-refractivity contribution is 0.262. The molecular formula is C10H16BrNOS. The second kappa shape index (κ2) is 6.56. The predicted molar refractivity (Wildman–Crippen MR) is 64.6 cm³/mol. The van der Waals surface area contributed by atoms with Gasteiger partial charge in [0.15, 0.2) is 0 Å². The number of hydrogen-bond acceptors (Lipinski definition) is 3. The van der Waals surface area contributed by atoms with Gasteiger partial charge in [0, 0.05) is 33.9 Å². The zero-order valence-corrected chi connectivity index (χ0v) is 10.7. The van der Waals surface area contributed by atoms with Crippen LogP contribution in [0.3, 0.4) is 0 Å². The quantitative estimate of drug-likeness (QED) is 0.838. The maximum absolute atomic E-state index is 8.82. The van der Waals surface area contributed by atoms with Crippen molar-refractivity contribution in [3.8, 4) is 0 Å². The Bertz CT molecular complexity index is 264. The van der Waals surface area contributed by atoms with Crippen molar-refractivity contribution in [3.63, 3.8) is 0 Å². The first kappa shape index (κ1) is 12.2. The minimum Gasteiger partial charge on any atom is -0.396 e. The highest BCUT2D eigenvalue weighted by atomic mass is 79.9. The van der Waals surface area contributed by atoms with E-state index in [1.807, 2.05) is 0 Å². The molecule has 2 N–H and O–H groups in total. The fraction of sp³-hybridized carbons (Fsp3) is 0.600. The third-order valence-electron chi connectivity index (χ3n) is 2.16. The van der Waals surface area contributed by atoms with E-state index in [0.717, 1.165) is 23.9 Å². The smallest absolute Gasteiger partial charge is 0.0445 e. The molecule has 0 aliphatic heterocycles. The Labute approximate surface area is 97.5 Å². The fourth-order valence-electron chi connectivity index (χ4n) is 1.30. The van der Waals surface area contributed by atoms with Gasteiger partial charge in [-0.25, -0.2) is 0 Å². The molecule has 0 aromatic carbocycles. The predicted octanol–water partition coefficient (Wildman–Crippen LogP) is 2.76. The van der Waals surface area contributed by atoms with E-state index in [9.17, 15) is 0 Å². The highest BCUT2D eigenvalue weighted by Gasteiger charge is 2.05. The number of aliphatic hydroxyl groups is 1. The van der Waals surface area contributed by atoms with Crippen LogP contribution in [0.25, 0.3) is 0 Å². The summed E-state index contributed by atoms with van der Waals surface area (Å²) in [6.07, 6.45) is 1.90. The Morgan fingerprint density at radius 3 is 2.93 bits per heavy atom. The molecule has 0 fully saturated rings. The third kappa shape index (κ3) is 4.09. The topological polar surface area (TPSA) is 32.3 Å². The molecule has 1 aromatic heterocycles. The summed E-state index contributed by atoms with van der Waals surface area (Å²) in [4.78, 5) is 1.33. The average molecular weight is 278 g/mol. The zero-order chi connectivity index (χ0) is 10.4. The van der Waals surface area contributed by atoms with E-state index in [-0.39, 0.29) is 6.61 Å². The van der Waals surface area contributed by atoms with Crippen molar-refractivity contribution in [1.29, 1.82) is 0 Å². The summed E-state index contributed by atoms with van der Waals surface area (Å²) >= 11 is 5.18. The van der Waals surface area contributed by atoms with Crippen molar-refractivity contribution in [1.82, 2.24) is 5.32 Å². The molecule has 0 spiro atoms. The molecular weight excluding hydrogens is 262 g/mol. The molecule has 1 atom stereocenters. The summed E-state index contributed by atoms with van der Waals surface area (Å²) in [5, 5.41) is 14.3. The standard InChI is InChI=1S/C10H16BrNOS/c1-2-9(3-4-13)12-6-10-5-8(11)7-14-10/h5,7,9,12-13H,2-4,6H2,1H3. The van der Waals surface area contributed by atoms with Crippen LogP contribution in [-0.2, 0) is 6.54 Å². The van der Waals surface area contributed by atoms with E-state index in [2.05, 4.69) is 39.6 Å². The largest absolute Gasteiger partial charge is 0.396 e. The van der Waals surface area contributed by atoms with E-state index in [1.165, 1.54) is 4.88 Å². The van der Waals surface area contributed by atoms with Crippen LogP contribution >= 0.6 is 27.3 Å². The monoisotopic (exact) mass is 277 g/mol. The first-order chi connectivity index (χ1) is 6.76. The molecule has 0 saturated carbocycles. The fourth-order valence-corrected chi connectivity index (χ4v) is 2.70. The van der Waals surface area contributed by atoms with Crippen LogP contribution in [0, 0.1) is 0 Å². The van der Waals surface area contributed by atoms with Crippen molar-refractivity contribution >= 4 is 27.3 Å². The van der Waals surface area contributed by atoms with E-state index < -0.39 is 0 Å². The minimum absolute atomic E-state index is 0.264. The molecule has 4 heteroatoms. The van der Waals surface area contributed by atoms with Crippen LogP contribution in [0.15, 0.2) is 15.9 Å². The lowest BCUT2D eigenvalue weighted by Crippen LogP contribution is -2.28. The summed E-state index contributed by atoms with van der Waals surface area (Å²) in [5.41, 5.74) is 0. The number of hydrogen-bond donors (Lipinski definition) is 2. The number of halogens is 1. The highest BCUT2D eigenvalue weighted by Crippen LogP contribution is 2.19. The molecule has 0 saturated heterocycles. The Balaban J connectivity index is 2.31. The molecule has 1 rings (SSSR count). The van der Waals surface area contributed by atoms with Gasteiger partial charge in [-0.1, -0.05) is 6.92 Å². The number of thiophene rings is 1. The lowest BCUT2D eigenvalue weighted by Gasteiger charge is -2.14. The molecule has 14 heavy (non-hydrogen) atoms. The molecule has 0 aliphatic carbocycles. The maximum atomic E-state index is 8.82. The minimum atomic E-state index is 0.264. The van der Waals surface area contributed by atoms with Crippen molar-refractivity contribution in [2.45, 2.75) is 32.4 Å². The van der Waals surface area contributed by atoms with Gasteiger partial charge in [0.2, 0.25) is 0 Å². The second-order valence-corrected chi connectivity index (χ2v) is 5.14. The Morgan fingerprint density at radius 1 is 1.64 bits per heavy atom. The van der Waals surface area contributed by atoms with Gasteiger partial charge in [-0.15, -0.1) is 11.3 Å². The summed E-state index contributed by atoms with van der Waals surface area (Å²) < 4.78 is 1.15. The van der Waals surface area contributed by atoms with Crippen molar-refractivity contribution in [2.24, 2.45) is 0 Å². The van der Waals surface area contributed by atoms with Crippen molar-refractivity contribution in [3.05, 3.63) is 20.8 Å². The maximum Gasteiger partial charge on any atom is 0.0445 e. The molecule has 0 amide bonds. The number of nitrogens with one attached hydrogen (secondary N) is 1. The lowest BCUT2D eigenvalue weighted by atomic mass is 10.1. The van der Waals surface area contributed by atoms with Crippen LogP contribution in [0.2, 0.25) is 0 Å². The normalized spacial score (nSPS) is 13.1. The van der Waals surface area contributed by atoms with Crippen LogP contribution in [-0.4, -0.2) is 17.8 Å². The van der Waals surface area contributed by atoms with Gasteiger partial charge in [0.05, 0.1) is 0 Å². The van der Waals surface area contributed by atoms with Gasteiger partial charge >= 0.3 is 0 Å². The van der Waals surface area contributed by atoms with E-state index in [1.54, 1.807) is 11.3 Å². The Morgan fingerprint density at radius 2 is 2.43 bits per heavy atom. The second-order valence-electron chi connectivity index (χ2n) is 3.23. The molecule has 1 unspecified atom stereocenters. The number of rotatable bonds is 6. The summed E-state index contributed by atoms with van der Waals surface area (Å²) in [6.45, 7) is 3.30. The molecule has 0 bridgehead atoms. The summed E-state index contributed by atoms with van der Waals surface area (Å²) in [6, 6.07) is 2.56. The molecule has 2 nitrogen and oxygen atoms in total. The van der Waals surface area contributed by atoms with Crippen molar-refractivity contribution < 1.29 is 5.11 Å². The van der Waals surface area contributed by atoms with Gasteiger partial charge in [0.1, 0.15) is 0 Å². The average Bonchev–Trinajstić information content (AvgIpc) is 2.59. The van der Waals surface area contributed by atoms with E-state index >= 15 is 0 Å².